The maximum absolute atomic E-state index is 14.4. The first kappa shape index (κ1) is 14.7. The second kappa shape index (κ2) is 4.62. The molecule has 1 aliphatic rings. The van der Waals surface area contributed by atoms with E-state index in [4.69, 9.17) is 22.0 Å². The number of alkyl halides is 1. The van der Waals surface area contributed by atoms with Crippen LogP contribution in [0.25, 0.3) is 11.0 Å². The minimum atomic E-state index is -2.90. The van der Waals surface area contributed by atoms with E-state index in [0.717, 1.165) is 0 Å². The molecule has 1 saturated heterocycles. The lowest BCUT2D eigenvalue weighted by Crippen LogP contribution is -2.49. The smallest absolute Gasteiger partial charge is 0.264 e. The second-order valence-corrected chi connectivity index (χ2v) is 5.01. The standard InChI is InChI=1S/C13H13FN4O4/c1-2-12(21)10(20)13(14,5-19)22-11(12)18-4-3-7-8(15)16-6-17-9(7)18/h1,3-4,6,10-11,19-21H,5H2,(H2,15,16,17)/t10-,11+,12+,13+/m0/s1. The molecule has 116 valence electrons. The molecule has 0 bridgehead atoms. The van der Waals surface area contributed by atoms with Gasteiger partial charge in [0.1, 0.15) is 24.4 Å². The highest BCUT2D eigenvalue weighted by Crippen LogP contribution is 2.45. The van der Waals surface area contributed by atoms with E-state index < -0.39 is 30.4 Å². The molecular weight excluding hydrogens is 295 g/mol. The minimum absolute atomic E-state index is 0.181. The van der Waals surface area contributed by atoms with Gasteiger partial charge in [-0.3, -0.25) is 0 Å². The molecule has 9 heteroatoms. The Bertz CT molecular complexity index is 775. The van der Waals surface area contributed by atoms with E-state index in [0.29, 0.717) is 5.39 Å². The summed E-state index contributed by atoms with van der Waals surface area (Å²) in [6.45, 7) is -1.18. The monoisotopic (exact) mass is 308 g/mol. The summed E-state index contributed by atoms with van der Waals surface area (Å²) >= 11 is 0. The normalized spacial score (nSPS) is 34.9. The average Bonchev–Trinajstić information content (AvgIpc) is 3.03. The summed E-state index contributed by atoms with van der Waals surface area (Å²) in [5, 5.41) is 29.9. The van der Waals surface area contributed by atoms with Gasteiger partial charge in [-0.2, -0.15) is 0 Å². The van der Waals surface area contributed by atoms with Gasteiger partial charge in [-0.1, -0.05) is 5.92 Å². The van der Waals surface area contributed by atoms with Gasteiger partial charge < -0.3 is 30.4 Å². The lowest BCUT2D eigenvalue weighted by molar-refractivity contribution is -0.206. The number of ether oxygens (including phenoxy) is 1. The number of hydrogen-bond donors (Lipinski definition) is 4. The molecule has 0 radical (unpaired) electrons. The first-order valence-electron chi connectivity index (χ1n) is 6.30. The van der Waals surface area contributed by atoms with Gasteiger partial charge in [0.05, 0.1) is 5.39 Å². The molecule has 4 atom stereocenters. The van der Waals surface area contributed by atoms with Crippen molar-refractivity contribution in [3.05, 3.63) is 18.6 Å². The number of fused-ring (bicyclic) bond motifs is 1. The van der Waals surface area contributed by atoms with Crippen LogP contribution in [0.1, 0.15) is 6.23 Å². The summed E-state index contributed by atoms with van der Waals surface area (Å²) < 4.78 is 20.6. The van der Waals surface area contributed by atoms with E-state index in [9.17, 15) is 14.6 Å². The van der Waals surface area contributed by atoms with Crippen LogP contribution < -0.4 is 5.73 Å². The second-order valence-electron chi connectivity index (χ2n) is 5.01. The largest absolute Gasteiger partial charge is 0.390 e. The molecule has 0 unspecified atom stereocenters. The Morgan fingerprint density at radius 3 is 2.91 bits per heavy atom. The Hall–Kier alpha value is -2.25. The summed E-state index contributed by atoms with van der Waals surface area (Å²) in [5.41, 5.74) is 3.54. The highest BCUT2D eigenvalue weighted by atomic mass is 19.2. The number of aliphatic hydroxyl groups excluding tert-OH is 2. The molecule has 22 heavy (non-hydrogen) atoms. The number of aromatic nitrogens is 3. The van der Waals surface area contributed by atoms with Gasteiger partial charge in [-0.25, -0.2) is 14.4 Å². The molecule has 0 amide bonds. The number of nitrogen functional groups attached to an aromatic ring is 1. The molecule has 0 spiro atoms. The SMILES string of the molecule is C#C[C@]1(O)[C@H](n2ccc3c(N)ncnc32)O[C@](F)(CO)[C@H]1O. The van der Waals surface area contributed by atoms with E-state index in [-0.39, 0.29) is 11.5 Å². The fraction of sp³-hybridized carbons (Fsp3) is 0.385. The third-order valence-corrected chi connectivity index (χ3v) is 3.75. The van der Waals surface area contributed by atoms with Crippen molar-refractivity contribution < 1.29 is 24.4 Å². The van der Waals surface area contributed by atoms with E-state index in [2.05, 4.69) is 9.97 Å². The van der Waals surface area contributed by atoms with Crippen LogP contribution in [0.4, 0.5) is 10.2 Å². The molecule has 3 rings (SSSR count). The van der Waals surface area contributed by atoms with E-state index in [1.807, 2.05) is 5.92 Å². The molecule has 2 aromatic rings. The molecule has 0 aliphatic carbocycles. The van der Waals surface area contributed by atoms with Crippen LogP contribution >= 0.6 is 0 Å². The first-order valence-corrected chi connectivity index (χ1v) is 6.30. The third kappa shape index (κ3) is 1.72. The van der Waals surface area contributed by atoms with E-state index >= 15 is 0 Å². The van der Waals surface area contributed by atoms with Crippen molar-refractivity contribution >= 4 is 16.9 Å². The highest BCUT2D eigenvalue weighted by Gasteiger charge is 2.64. The number of nitrogens with two attached hydrogens (primary N) is 1. The van der Waals surface area contributed by atoms with Gasteiger partial charge in [-0.05, 0) is 6.07 Å². The molecule has 1 aliphatic heterocycles. The average molecular weight is 308 g/mol. The summed E-state index contributed by atoms with van der Waals surface area (Å²) in [4.78, 5) is 7.80. The first-order chi connectivity index (χ1) is 10.4. The summed E-state index contributed by atoms with van der Waals surface area (Å²) in [5.74, 6) is -0.790. The Kier molecular flexibility index (Phi) is 3.08. The van der Waals surface area contributed by atoms with Crippen molar-refractivity contribution in [1.29, 1.82) is 0 Å². The lowest BCUT2D eigenvalue weighted by Gasteiger charge is -2.26. The fourth-order valence-corrected chi connectivity index (χ4v) is 2.53. The maximum atomic E-state index is 14.4. The molecule has 0 saturated carbocycles. The predicted octanol–water partition coefficient (Wildman–Crippen LogP) is -1.07. The van der Waals surface area contributed by atoms with Crippen LogP contribution in [0.15, 0.2) is 18.6 Å². The van der Waals surface area contributed by atoms with Crippen LogP contribution in [-0.4, -0.2) is 54.0 Å². The van der Waals surface area contributed by atoms with Crippen LogP contribution in [0, 0.1) is 12.3 Å². The van der Waals surface area contributed by atoms with Gasteiger partial charge in [0.2, 0.25) is 5.60 Å². The Morgan fingerprint density at radius 1 is 1.55 bits per heavy atom. The number of terminal acetylenes is 1. The van der Waals surface area contributed by atoms with Gasteiger partial charge in [0, 0.05) is 6.20 Å². The van der Waals surface area contributed by atoms with Crippen LogP contribution in [-0.2, 0) is 4.74 Å². The number of nitrogens with zero attached hydrogens (tertiary/aromatic N) is 3. The summed E-state index contributed by atoms with van der Waals surface area (Å²) in [6, 6.07) is 1.54. The maximum Gasteiger partial charge on any atom is 0.264 e. The van der Waals surface area contributed by atoms with Crippen molar-refractivity contribution in [3.8, 4) is 12.3 Å². The lowest BCUT2D eigenvalue weighted by atomic mass is 9.94. The number of rotatable bonds is 2. The molecule has 0 aromatic carbocycles. The molecule has 3 heterocycles. The zero-order valence-electron chi connectivity index (χ0n) is 11.2. The van der Waals surface area contributed by atoms with Gasteiger partial charge >= 0.3 is 0 Å². The number of hydrogen-bond acceptors (Lipinski definition) is 7. The van der Waals surface area contributed by atoms with Gasteiger partial charge in [-0.15, -0.1) is 6.42 Å². The van der Waals surface area contributed by atoms with Crippen molar-refractivity contribution in [1.82, 2.24) is 14.5 Å². The summed E-state index contributed by atoms with van der Waals surface area (Å²) in [6.07, 6.45) is 4.20. The Balaban J connectivity index is 2.18. The molecule has 2 aromatic heterocycles. The quantitative estimate of drug-likeness (QED) is 0.520. The molecule has 1 fully saturated rings. The number of anilines is 1. The predicted molar refractivity (Wildman–Crippen MR) is 72.8 cm³/mol. The zero-order chi connectivity index (χ0) is 16.1. The third-order valence-electron chi connectivity index (χ3n) is 3.75. The van der Waals surface area contributed by atoms with Crippen molar-refractivity contribution in [2.45, 2.75) is 23.8 Å². The molecule has 5 N–H and O–H groups in total. The van der Waals surface area contributed by atoms with Crippen LogP contribution in [0.5, 0.6) is 0 Å². The molecular formula is C13H13FN4O4. The summed E-state index contributed by atoms with van der Waals surface area (Å²) in [7, 11) is 0. The van der Waals surface area contributed by atoms with Gasteiger partial charge in [0.15, 0.2) is 12.3 Å². The van der Waals surface area contributed by atoms with Crippen LogP contribution in [0.3, 0.4) is 0 Å². The minimum Gasteiger partial charge on any atom is -0.390 e. The van der Waals surface area contributed by atoms with Gasteiger partial charge in [0.25, 0.3) is 5.85 Å². The van der Waals surface area contributed by atoms with Crippen molar-refractivity contribution in [3.63, 3.8) is 0 Å². The van der Waals surface area contributed by atoms with E-state index in [1.54, 1.807) is 0 Å². The van der Waals surface area contributed by atoms with Crippen molar-refractivity contribution in [2.75, 3.05) is 12.3 Å². The van der Waals surface area contributed by atoms with E-state index in [1.165, 1.54) is 23.2 Å². The zero-order valence-corrected chi connectivity index (χ0v) is 11.2. The Morgan fingerprint density at radius 2 is 2.27 bits per heavy atom. The fourth-order valence-electron chi connectivity index (χ4n) is 2.53. The molecule has 8 nitrogen and oxygen atoms in total. The highest BCUT2D eigenvalue weighted by molar-refractivity contribution is 5.86. The van der Waals surface area contributed by atoms with Crippen molar-refractivity contribution in [2.24, 2.45) is 0 Å². The Labute approximate surface area is 124 Å². The number of halogens is 1. The topological polar surface area (TPSA) is 127 Å². The number of aliphatic hydroxyl groups is 3. The van der Waals surface area contributed by atoms with Crippen LogP contribution in [0.2, 0.25) is 0 Å².